The third-order valence-electron chi connectivity index (χ3n) is 5.82. The van der Waals surface area contributed by atoms with E-state index in [-0.39, 0.29) is 24.3 Å². The lowest BCUT2D eigenvalue weighted by Crippen LogP contribution is -2.49. The number of imidazole rings is 1. The Morgan fingerprint density at radius 1 is 1.06 bits per heavy atom. The van der Waals surface area contributed by atoms with Crippen molar-refractivity contribution >= 4 is 23.3 Å². The fourth-order valence-electron chi connectivity index (χ4n) is 3.91. The van der Waals surface area contributed by atoms with Crippen LogP contribution in [0.25, 0.3) is 0 Å². The smallest absolute Gasteiger partial charge is 0.289 e. The number of fused-ring (bicyclic) bond motifs is 1. The minimum Gasteiger partial charge on any atom is -0.347 e. The highest BCUT2D eigenvalue weighted by atomic mass is 16.2. The van der Waals surface area contributed by atoms with Gasteiger partial charge in [0.05, 0.1) is 18.2 Å². The van der Waals surface area contributed by atoms with Crippen LogP contribution in [0.3, 0.4) is 0 Å². The molecule has 3 aromatic rings. The van der Waals surface area contributed by atoms with Crippen molar-refractivity contribution in [3.8, 4) is 0 Å². The first kappa shape index (κ1) is 20.9. The van der Waals surface area contributed by atoms with E-state index in [1.54, 1.807) is 10.9 Å². The molecule has 0 bridgehead atoms. The van der Waals surface area contributed by atoms with Gasteiger partial charge in [-0.2, -0.15) is 0 Å². The third kappa shape index (κ3) is 4.49. The number of benzene rings is 2. The summed E-state index contributed by atoms with van der Waals surface area (Å²) in [6, 6.07) is 16.1. The molecular weight excluding hydrogens is 420 g/mol. The predicted molar refractivity (Wildman–Crippen MR) is 121 cm³/mol. The zero-order chi connectivity index (χ0) is 22.8. The Kier molecular flexibility index (Phi) is 5.62. The van der Waals surface area contributed by atoms with Crippen molar-refractivity contribution in [2.24, 2.45) is 0 Å². The lowest BCUT2D eigenvalue weighted by molar-refractivity contribution is -0.139. The van der Waals surface area contributed by atoms with Crippen LogP contribution in [-0.2, 0) is 16.0 Å². The van der Waals surface area contributed by atoms with Crippen molar-refractivity contribution in [1.82, 2.24) is 25.6 Å². The zero-order valence-corrected chi connectivity index (χ0v) is 17.8. The zero-order valence-electron chi connectivity index (χ0n) is 17.8. The average Bonchev–Trinajstić information content (AvgIpc) is 3.33. The van der Waals surface area contributed by atoms with Gasteiger partial charge >= 0.3 is 0 Å². The van der Waals surface area contributed by atoms with Gasteiger partial charge in [0.15, 0.2) is 0 Å². The quantitative estimate of drug-likeness (QED) is 0.392. The molecule has 9 nitrogen and oxygen atoms in total. The molecule has 4 N–H and O–H groups in total. The van der Waals surface area contributed by atoms with E-state index >= 15 is 0 Å². The van der Waals surface area contributed by atoms with Gasteiger partial charge in [0.1, 0.15) is 17.9 Å². The number of rotatable bonds is 8. The molecule has 1 aliphatic carbocycles. The van der Waals surface area contributed by atoms with E-state index in [2.05, 4.69) is 26.5 Å². The molecular formula is C24H24N6O3. The number of amides is 2. The molecule has 0 spiro atoms. The molecule has 1 aliphatic heterocycles. The van der Waals surface area contributed by atoms with Crippen LogP contribution in [0, 0.1) is 0 Å². The van der Waals surface area contributed by atoms with Crippen molar-refractivity contribution in [2.75, 3.05) is 5.43 Å². The molecule has 2 aliphatic rings. The van der Waals surface area contributed by atoms with Crippen molar-refractivity contribution < 1.29 is 14.4 Å². The van der Waals surface area contributed by atoms with E-state index in [1.165, 1.54) is 6.20 Å². The average molecular weight is 444 g/mol. The fraction of sp³-hybridized carbons (Fsp3) is 0.250. The van der Waals surface area contributed by atoms with Crippen molar-refractivity contribution in [1.29, 1.82) is 0 Å². The van der Waals surface area contributed by atoms with Crippen LogP contribution in [0.4, 0.5) is 5.69 Å². The number of para-hydroxylation sites is 1. The SMILES string of the molecule is O=C(NC1CC1)C(=O)C(Cc1ccccc1)NC(=O)c1cncn1C1NNc2ccccc21. The summed E-state index contributed by atoms with van der Waals surface area (Å²) in [6.07, 6.45) is 4.63. The standard InChI is InChI=1S/C24H24N6O3/c31-21(24(33)26-16-10-11-16)19(12-15-6-2-1-3-7-15)27-23(32)20-13-25-14-30(20)22-17-8-4-5-9-18(17)28-29-22/h1-9,13-14,16,19,22,28-29H,10-12H2,(H,26,33)(H,27,32). The van der Waals surface area contributed by atoms with Gasteiger partial charge in [-0.15, -0.1) is 0 Å². The van der Waals surface area contributed by atoms with E-state index in [0.717, 1.165) is 29.7 Å². The maximum atomic E-state index is 13.3. The number of carbonyl (C=O) groups is 3. The Labute approximate surface area is 190 Å². The maximum Gasteiger partial charge on any atom is 0.289 e. The highest BCUT2D eigenvalue weighted by Crippen LogP contribution is 2.29. The Morgan fingerprint density at radius 3 is 2.61 bits per heavy atom. The van der Waals surface area contributed by atoms with Crippen LogP contribution in [0.1, 0.15) is 40.6 Å². The summed E-state index contributed by atoms with van der Waals surface area (Å²) in [5.74, 6) is -1.80. The van der Waals surface area contributed by atoms with Gasteiger partial charge in [-0.25, -0.2) is 10.4 Å². The number of nitrogens with one attached hydrogen (secondary N) is 4. The van der Waals surface area contributed by atoms with Crippen LogP contribution in [0.2, 0.25) is 0 Å². The van der Waals surface area contributed by atoms with Crippen LogP contribution in [0.15, 0.2) is 67.1 Å². The Morgan fingerprint density at radius 2 is 1.82 bits per heavy atom. The Bertz CT molecular complexity index is 1190. The van der Waals surface area contributed by atoms with Crippen LogP contribution < -0.4 is 21.5 Å². The summed E-state index contributed by atoms with van der Waals surface area (Å²) in [6.45, 7) is 0. The number of hydrogen-bond donors (Lipinski definition) is 4. The van der Waals surface area contributed by atoms with E-state index in [9.17, 15) is 14.4 Å². The number of ketones is 1. The molecule has 5 rings (SSSR count). The topological polar surface area (TPSA) is 117 Å². The molecule has 0 saturated heterocycles. The second-order valence-electron chi connectivity index (χ2n) is 8.27. The van der Waals surface area contributed by atoms with Crippen molar-refractivity contribution in [3.63, 3.8) is 0 Å². The fourth-order valence-corrected chi connectivity index (χ4v) is 3.91. The Hall–Kier alpha value is -3.98. The molecule has 2 aromatic carbocycles. The summed E-state index contributed by atoms with van der Waals surface area (Å²) in [4.78, 5) is 42.8. The summed E-state index contributed by atoms with van der Waals surface area (Å²) in [5.41, 5.74) is 9.24. The molecule has 2 atom stereocenters. The lowest BCUT2D eigenvalue weighted by Gasteiger charge is -2.20. The van der Waals surface area contributed by atoms with Crippen molar-refractivity contribution in [3.05, 3.63) is 83.9 Å². The summed E-state index contributed by atoms with van der Waals surface area (Å²) >= 11 is 0. The molecule has 2 unspecified atom stereocenters. The molecule has 1 saturated carbocycles. The first-order chi connectivity index (χ1) is 16.1. The first-order valence-electron chi connectivity index (χ1n) is 10.9. The van der Waals surface area contributed by atoms with Gasteiger partial charge in [-0.1, -0.05) is 48.5 Å². The van der Waals surface area contributed by atoms with Gasteiger partial charge in [0.2, 0.25) is 5.78 Å². The number of hydrazine groups is 1. The lowest BCUT2D eigenvalue weighted by atomic mass is 10.0. The third-order valence-corrected chi connectivity index (χ3v) is 5.82. The minimum absolute atomic E-state index is 0.0527. The minimum atomic E-state index is -0.996. The van der Waals surface area contributed by atoms with E-state index < -0.39 is 23.6 Å². The van der Waals surface area contributed by atoms with Gasteiger partial charge in [-0.3, -0.25) is 14.4 Å². The second kappa shape index (κ2) is 8.87. The molecule has 1 aromatic heterocycles. The van der Waals surface area contributed by atoms with Gasteiger partial charge in [0, 0.05) is 18.0 Å². The molecule has 1 fully saturated rings. The molecule has 33 heavy (non-hydrogen) atoms. The van der Waals surface area contributed by atoms with Crippen LogP contribution in [-0.4, -0.2) is 39.2 Å². The summed E-state index contributed by atoms with van der Waals surface area (Å²) in [7, 11) is 0. The largest absolute Gasteiger partial charge is 0.347 e. The number of hydrogen-bond acceptors (Lipinski definition) is 6. The predicted octanol–water partition coefficient (Wildman–Crippen LogP) is 1.55. The molecule has 9 heteroatoms. The van der Waals surface area contributed by atoms with Crippen LogP contribution in [0.5, 0.6) is 0 Å². The first-order valence-corrected chi connectivity index (χ1v) is 10.9. The normalized spacial score (nSPS) is 17.5. The number of carbonyl (C=O) groups excluding carboxylic acids is 3. The van der Waals surface area contributed by atoms with E-state index in [4.69, 9.17) is 0 Å². The van der Waals surface area contributed by atoms with Gasteiger partial charge in [0.25, 0.3) is 11.8 Å². The van der Waals surface area contributed by atoms with E-state index in [0.29, 0.717) is 0 Å². The number of anilines is 1. The number of Topliss-reactive ketones (excluding diaryl/α,β-unsaturated/α-hetero) is 1. The highest BCUT2D eigenvalue weighted by molar-refractivity contribution is 6.38. The summed E-state index contributed by atoms with van der Waals surface area (Å²) < 4.78 is 1.70. The molecule has 2 heterocycles. The maximum absolute atomic E-state index is 13.3. The molecule has 2 amide bonds. The Balaban J connectivity index is 1.37. The van der Waals surface area contributed by atoms with E-state index in [1.807, 2.05) is 54.6 Å². The molecule has 168 valence electrons. The number of aromatic nitrogens is 2. The highest BCUT2D eigenvalue weighted by Gasteiger charge is 2.33. The monoisotopic (exact) mass is 444 g/mol. The van der Waals surface area contributed by atoms with Crippen molar-refractivity contribution in [2.45, 2.75) is 37.5 Å². The van der Waals surface area contributed by atoms with Crippen LogP contribution >= 0.6 is 0 Å². The summed E-state index contributed by atoms with van der Waals surface area (Å²) in [5, 5.41) is 5.49. The van der Waals surface area contributed by atoms with Gasteiger partial charge in [-0.05, 0) is 24.5 Å². The second-order valence-corrected chi connectivity index (χ2v) is 8.27. The molecule has 0 radical (unpaired) electrons. The number of nitrogens with zero attached hydrogens (tertiary/aromatic N) is 2. The van der Waals surface area contributed by atoms with Gasteiger partial charge < -0.3 is 20.6 Å².